The summed E-state index contributed by atoms with van der Waals surface area (Å²) in [4.78, 5) is 11.6. The third-order valence-corrected chi connectivity index (χ3v) is 3.04. The molecule has 2 N–H and O–H groups in total. The van der Waals surface area contributed by atoms with E-state index in [1.807, 2.05) is 0 Å². The molecule has 0 aliphatic rings. The van der Waals surface area contributed by atoms with Crippen LogP contribution < -0.4 is 10.9 Å². The van der Waals surface area contributed by atoms with Crippen molar-refractivity contribution < 1.29 is 14.2 Å². The fraction of sp³-hybridized carbons (Fsp3) is 0.267. The van der Waals surface area contributed by atoms with Gasteiger partial charge < -0.3 is 19.7 Å². The number of methoxy groups -OCH3 is 1. The molecular weight excluding hydrogens is 275 g/mol. The number of halogens is 1. The monoisotopic (exact) mass is 292 g/mol. The van der Waals surface area contributed by atoms with Gasteiger partial charge in [-0.3, -0.25) is 4.79 Å². The summed E-state index contributed by atoms with van der Waals surface area (Å²) >= 11 is 0. The number of phenols is 1. The van der Waals surface area contributed by atoms with Gasteiger partial charge in [0.2, 0.25) is 0 Å². The van der Waals surface area contributed by atoms with Crippen LogP contribution in [0.25, 0.3) is 0 Å². The average Bonchev–Trinajstić information content (AvgIpc) is 2.48. The Kier molecular flexibility index (Phi) is 4.94. The summed E-state index contributed by atoms with van der Waals surface area (Å²) < 4.78 is 19.6. The van der Waals surface area contributed by atoms with Gasteiger partial charge in [0.25, 0.3) is 5.56 Å². The van der Waals surface area contributed by atoms with Gasteiger partial charge in [0.15, 0.2) is 0 Å². The second-order valence-corrected chi connectivity index (χ2v) is 4.57. The second-order valence-electron chi connectivity index (χ2n) is 4.57. The van der Waals surface area contributed by atoms with Gasteiger partial charge in [-0.05, 0) is 24.3 Å². The topological polar surface area (TPSA) is 63.5 Å². The smallest absolute Gasteiger partial charge is 0.250 e. The van der Waals surface area contributed by atoms with Crippen LogP contribution in [-0.4, -0.2) is 23.4 Å². The Balaban J connectivity index is 2.09. The lowest BCUT2D eigenvalue weighted by Crippen LogP contribution is -2.21. The van der Waals surface area contributed by atoms with Gasteiger partial charge in [-0.2, -0.15) is 0 Å². The number of nitrogens with one attached hydrogen (secondary N) is 1. The number of hydrogen-bond donors (Lipinski definition) is 2. The first kappa shape index (κ1) is 15.1. The first-order chi connectivity index (χ1) is 10.1. The lowest BCUT2D eigenvalue weighted by Gasteiger charge is -2.11. The number of ether oxygens (including phenoxy) is 1. The van der Waals surface area contributed by atoms with Crippen LogP contribution in [0.2, 0.25) is 0 Å². The van der Waals surface area contributed by atoms with Crippen molar-refractivity contribution in [3.8, 4) is 5.75 Å². The van der Waals surface area contributed by atoms with Crippen molar-refractivity contribution in [2.24, 2.45) is 0 Å². The molecule has 0 amide bonds. The minimum absolute atomic E-state index is 0.0246. The van der Waals surface area contributed by atoms with E-state index in [1.165, 1.54) is 28.8 Å². The normalized spacial score (nSPS) is 10.6. The van der Waals surface area contributed by atoms with Crippen LogP contribution in [0.1, 0.15) is 5.56 Å². The van der Waals surface area contributed by atoms with Crippen molar-refractivity contribution in [2.75, 3.05) is 19.0 Å². The molecule has 0 spiro atoms. The number of phenolic OH excluding ortho intramolecular Hbond substituents is 1. The van der Waals surface area contributed by atoms with Gasteiger partial charge in [0.05, 0.1) is 12.3 Å². The zero-order valence-corrected chi connectivity index (χ0v) is 11.7. The number of aromatic hydroxyl groups is 1. The molecular formula is C15H17FN2O3. The Hall–Kier alpha value is -2.34. The van der Waals surface area contributed by atoms with Crippen LogP contribution in [0.4, 0.5) is 10.1 Å². The van der Waals surface area contributed by atoms with E-state index >= 15 is 0 Å². The molecule has 0 radical (unpaired) electrons. The highest BCUT2D eigenvalue weighted by Gasteiger charge is 2.04. The van der Waals surface area contributed by atoms with E-state index in [1.54, 1.807) is 19.4 Å². The summed E-state index contributed by atoms with van der Waals surface area (Å²) in [7, 11) is 1.57. The molecule has 0 atom stereocenters. The van der Waals surface area contributed by atoms with Gasteiger partial charge in [0, 0.05) is 38.0 Å². The molecule has 0 bridgehead atoms. The molecule has 0 saturated heterocycles. The molecule has 6 heteroatoms. The number of nitrogens with zero attached hydrogens (tertiary/aromatic N) is 1. The molecule has 2 rings (SSSR count). The van der Waals surface area contributed by atoms with E-state index in [-0.39, 0.29) is 17.9 Å². The largest absolute Gasteiger partial charge is 0.508 e. The van der Waals surface area contributed by atoms with Crippen molar-refractivity contribution >= 4 is 5.69 Å². The fourth-order valence-corrected chi connectivity index (χ4v) is 1.89. The highest BCUT2D eigenvalue weighted by molar-refractivity contribution is 5.43. The standard InChI is InChI=1S/C15H17FN2O3/c1-21-7-6-18-10-13(3-5-15(18)20)17-9-11-8-12(16)2-4-14(11)19/h2-5,8,10,17,19H,6-7,9H2,1H3. The van der Waals surface area contributed by atoms with Gasteiger partial charge >= 0.3 is 0 Å². The lowest BCUT2D eigenvalue weighted by atomic mass is 10.2. The quantitative estimate of drug-likeness (QED) is 0.854. The molecule has 112 valence electrons. The Bertz CT molecular complexity index is 670. The molecule has 1 aromatic carbocycles. The fourth-order valence-electron chi connectivity index (χ4n) is 1.89. The number of anilines is 1. The van der Waals surface area contributed by atoms with E-state index in [0.29, 0.717) is 24.4 Å². The minimum Gasteiger partial charge on any atom is -0.508 e. The number of benzene rings is 1. The first-order valence-electron chi connectivity index (χ1n) is 6.51. The van der Waals surface area contributed by atoms with Crippen LogP contribution in [0, 0.1) is 5.82 Å². The lowest BCUT2D eigenvalue weighted by molar-refractivity contribution is 0.186. The van der Waals surface area contributed by atoms with E-state index < -0.39 is 5.82 Å². The van der Waals surface area contributed by atoms with Crippen LogP contribution in [0.3, 0.4) is 0 Å². The third kappa shape index (κ3) is 4.06. The molecule has 0 fully saturated rings. The van der Waals surface area contributed by atoms with Crippen LogP contribution >= 0.6 is 0 Å². The predicted octanol–water partition coefficient (Wildman–Crippen LogP) is 1.95. The highest BCUT2D eigenvalue weighted by Crippen LogP contribution is 2.19. The van der Waals surface area contributed by atoms with E-state index in [2.05, 4.69) is 5.32 Å². The molecule has 1 heterocycles. The summed E-state index contributed by atoms with van der Waals surface area (Å²) in [6, 6.07) is 6.87. The summed E-state index contributed by atoms with van der Waals surface area (Å²) in [5.74, 6) is -0.383. The highest BCUT2D eigenvalue weighted by atomic mass is 19.1. The Morgan fingerprint density at radius 1 is 1.33 bits per heavy atom. The van der Waals surface area contributed by atoms with Gasteiger partial charge in [0.1, 0.15) is 11.6 Å². The Morgan fingerprint density at radius 2 is 2.14 bits per heavy atom. The maximum absolute atomic E-state index is 13.1. The minimum atomic E-state index is -0.408. The molecule has 0 saturated carbocycles. The summed E-state index contributed by atoms with van der Waals surface area (Å²) in [5.41, 5.74) is 1.03. The SMILES string of the molecule is COCCn1cc(NCc2cc(F)ccc2O)ccc1=O. The van der Waals surface area contributed by atoms with Crippen molar-refractivity contribution in [3.63, 3.8) is 0 Å². The molecule has 21 heavy (non-hydrogen) atoms. The van der Waals surface area contributed by atoms with Crippen molar-refractivity contribution in [3.05, 3.63) is 58.3 Å². The summed E-state index contributed by atoms with van der Waals surface area (Å²) in [5, 5.41) is 12.7. The summed E-state index contributed by atoms with van der Waals surface area (Å²) in [6.45, 7) is 1.15. The number of hydrogen-bond acceptors (Lipinski definition) is 4. The molecule has 0 aliphatic heterocycles. The zero-order chi connectivity index (χ0) is 15.2. The number of pyridine rings is 1. The maximum atomic E-state index is 13.1. The van der Waals surface area contributed by atoms with Gasteiger partial charge in [-0.25, -0.2) is 4.39 Å². The van der Waals surface area contributed by atoms with Crippen molar-refractivity contribution in [1.29, 1.82) is 0 Å². The number of rotatable bonds is 6. The molecule has 1 aromatic heterocycles. The predicted molar refractivity (Wildman–Crippen MR) is 78.0 cm³/mol. The molecule has 0 unspecified atom stereocenters. The van der Waals surface area contributed by atoms with E-state index in [0.717, 1.165) is 0 Å². The molecule has 2 aromatic rings. The maximum Gasteiger partial charge on any atom is 0.250 e. The van der Waals surface area contributed by atoms with Gasteiger partial charge in [-0.15, -0.1) is 0 Å². The first-order valence-corrected chi connectivity index (χ1v) is 6.51. The van der Waals surface area contributed by atoms with Crippen LogP contribution in [0.5, 0.6) is 5.75 Å². The zero-order valence-electron chi connectivity index (χ0n) is 11.7. The summed E-state index contributed by atoms with van der Waals surface area (Å²) in [6.07, 6.45) is 1.66. The second kappa shape index (κ2) is 6.90. The third-order valence-electron chi connectivity index (χ3n) is 3.04. The van der Waals surface area contributed by atoms with Crippen molar-refractivity contribution in [2.45, 2.75) is 13.1 Å². The average molecular weight is 292 g/mol. The molecule has 0 aliphatic carbocycles. The van der Waals surface area contributed by atoms with Crippen molar-refractivity contribution in [1.82, 2.24) is 4.57 Å². The van der Waals surface area contributed by atoms with Crippen LogP contribution in [-0.2, 0) is 17.8 Å². The van der Waals surface area contributed by atoms with Crippen LogP contribution in [0.15, 0.2) is 41.3 Å². The Morgan fingerprint density at radius 3 is 2.90 bits per heavy atom. The van der Waals surface area contributed by atoms with Gasteiger partial charge in [-0.1, -0.05) is 0 Å². The van der Waals surface area contributed by atoms with E-state index in [9.17, 15) is 14.3 Å². The van der Waals surface area contributed by atoms with E-state index in [4.69, 9.17) is 4.74 Å². The Labute approximate surface area is 121 Å². The number of aromatic nitrogens is 1. The molecule has 5 nitrogen and oxygen atoms in total.